The number of hydrogen-bond acceptors (Lipinski definition) is 5. The summed E-state index contributed by atoms with van der Waals surface area (Å²) in [6.07, 6.45) is 2.90. The molecule has 0 unspecified atom stereocenters. The lowest BCUT2D eigenvalue weighted by Crippen LogP contribution is -2.35. The van der Waals surface area contributed by atoms with Gasteiger partial charge in [0.1, 0.15) is 5.01 Å². The number of halogens is 2. The topological polar surface area (TPSA) is 71.5 Å². The second kappa shape index (κ2) is 10.5. The number of methoxy groups -OCH3 is 1. The lowest BCUT2D eigenvalue weighted by Gasteiger charge is -2.23. The van der Waals surface area contributed by atoms with Gasteiger partial charge in [-0.2, -0.15) is 0 Å². The van der Waals surface area contributed by atoms with E-state index in [-0.39, 0.29) is 18.3 Å². The fraction of sp³-hybridized carbons (Fsp3) is 0.389. The van der Waals surface area contributed by atoms with Crippen LogP contribution in [0.4, 0.5) is 10.5 Å². The van der Waals surface area contributed by atoms with Gasteiger partial charge in [0.25, 0.3) is 0 Å². The number of anilines is 1. The number of urea groups is 1. The van der Waals surface area contributed by atoms with Crippen LogP contribution >= 0.6 is 34.5 Å². The molecule has 0 saturated heterocycles. The number of para-hydroxylation sites is 1. The van der Waals surface area contributed by atoms with Gasteiger partial charge in [-0.15, -0.1) is 11.3 Å². The number of rotatable bonds is 8. The smallest absolute Gasteiger partial charge is 0.357 e. The molecule has 0 aliphatic carbocycles. The van der Waals surface area contributed by atoms with Gasteiger partial charge in [-0.25, -0.2) is 14.6 Å². The van der Waals surface area contributed by atoms with Gasteiger partial charge in [-0.3, -0.25) is 0 Å². The highest BCUT2D eigenvalue weighted by Gasteiger charge is 2.19. The monoisotopic (exact) mass is 429 g/mol. The largest absolute Gasteiger partial charge is 0.464 e. The number of ether oxygens (including phenoxy) is 1. The first kappa shape index (κ1) is 21.5. The zero-order chi connectivity index (χ0) is 19.8. The molecule has 27 heavy (non-hydrogen) atoms. The molecule has 1 aromatic heterocycles. The van der Waals surface area contributed by atoms with Gasteiger partial charge < -0.3 is 15.0 Å². The molecule has 1 N–H and O–H groups in total. The standard InChI is InChI=1S/C18H21Cl2N3O3S/c1-3-4-5-9-23(10-15-21-14(11-27-15)17(24)26-2)18(25)22-16-12(19)7-6-8-13(16)20/h6-8,11H,3-5,9-10H2,1-2H3,(H,22,25). The third-order valence-electron chi connectivity index (χ3n) is 3.79. The van der Waals surface area contributed by atoms with E-state index in [1.165, 1.54) is 18.4 Å². The number of nitrogens with zero attached hydrogens (tertiary/aromatic N) is 2. The van der Waals surface area contributed by atoms with Crippen molar-refractivity contribution in [3.63, 3.8) is 0 Å². The Morgan fingerprint density at radius 2 is 1.96 bits per heavy atom. The minimum absolute atomic E-state index is 0.237. The normalized spacial score (nSPS) is 10.5. The van der Waals surface area contributed by atoms with Gasteiger partial charge in [0.05, 0.1) is 29.4 Å². The maximum Gasteiger partial charge on any atom is 0.357 e. The van der Waals surface area contributed by atoms with Crippen LogP contribution in [0.3, 0.4) is 0 Å². The van der Waals surface area contributed by atoms with Gasteiger partial charge >= 0.3 is 12.0 Å². The Hall–Kier alpha value is -1.83. The van der Waals surface area contributed by atoms with Crippen molar-refractivity contribution in [2.45, 2.75) is 32.7 Å². The van der Waals surface area contributed by atoms with E-state index < -0.39 is 5.97 Å². The summed E-state index contributed by atoms with van der Waals surface area (Å²) in [5.41, 5.74) is 0.612. The van der Waals surface area contributed by atoms with Crippen molar-refractivity contribution in [3.8, 4) is 0 Å². The van der Waals surface area contributed by atoms with Crippen LogP contribution in [0.25, 0.3) is 0 Å². The third-order valence-corrected chi connectivity index (χ3v) is 5.25. The molecule has 0 aliphatic rings. The molecule has 0 aliphatic heterocycles. The summed E-state index contributed by atoms with van der Waals surface area (Å²) in [6, 6.07) is 4.71. The molecule has 9 heteroatoms. The zero-order valence-electron chi connectivity index (χ0n) is 15.1. The molecule has 1 aromatic carbocycles. The summed E-state index contributed by atoms with van der Waals surface area (Å²) in [6.45, 7) is 2.92. The lowest BCUT2D eigenvalue weighted by molar-refractivity contribution is 0.0594. The Labute approximate surface area is 172 Å². The molecule has 146 valence electrons. The Bertz CT molecular complexity index is 778. The van der Waals surface area contributed by atoms with Crippen molar-refractivity contribution in [2.24, 2.45) is 0 Å². The average molecular weight is 430 g/mol. The molecule has 0 bridgehead atoms. The Kier molecular flexibility index (Phi) is 8.34. The summed E-state index contributed by atoms with van der Waals surface area (Å²) in [4.78, 5) is 30.2. The first-order valence-electron chi connectivity index (χ1n) is 8.49. The van der Waals surface area contributed by atoms with Crippen LogP contribution in [0.15, 0.2) is 23.6 Å². The minimum Gasteiger partial charge on any atom is -0.464 e. The maximum atomic E-state index is 12.8. The predicted molar refractivity (Wildman–Crippen MR) is 109 cm³/mol. The van der Waals surface area contributed by atoms with Crippen LogP contribution < -0.4 is 5.32 Å². The number of thiazole rings is 1. The molecule has 2 amide bonds. The molecular weight excluding hydrogens is 409 g/mol. The quantitative estimate of drug-likeness (QED) is 0.446. The van der Waals surface area contributed by atoms with E-state index >= 15 is 0 Å². The highest BCUT2D eigenvalue weighted by Crippen LogP contribution is 2.30. The lowest BCUT2D eigenvalue weighted by atomic mass is 10.2. The van der Waals surface area contributed by atoms with E-state index in [1.54, 1.807) is 28.5 Å². The van der Waals surface area contributed by atoms with E-state index in [2.05, 4.69) is 22.0 Å². The van der Waals surface area contributed by atoms with Crippen LogP contribution in [0, 0.1) is 0 Å². The van der Waals surface area contributed by atoms with E-state index in [4.69, 9.17) is 23.2 Å². The van der Waals surface area contributed by atoms with Gasteiger partial charge in [0, 0.05) is 11.9 Å². The molecule has 0 spiro atoms. The molecule has 0 atom stereocenters. The van der Waals surface area contributed by atoms with Crippen molar-refractivity contribution in [1.82, 2.24) is 9.88 Å². The van der Waals surface area contributed by atoms with Crippen LogP contribution in [-0.2, 0) is 11.3 Å². The Morgan fingerprint density at radius 3 is 2.59 bits per heavy atom. The highest BCUT2D eigenvalue weighted by atomic mass is 35.5. The average Bonchev–Trinajstić information content (AvgIpc) is 3.12. The number of amides is 2. The molecule has 6 nitrogen and oxygen atoms in total. The third kappa shape index (κ3) is 6.09. The van der Waals surface area contributed by atoms with Crippen LogP contribution in [-0.4, -0.2) is 35.5 Å². The van der Waals surface area contributed by atoms with Gasteiger partial charge in [-0.1, -0.05) is 49.0 Å². The number of aromatic nitrogens is 1. The highest BCUT2D eigenvalue weighted by molar-refractivity contribution is 7.09. The van der Waals surface area contributed by atoms with Gasteiger partial charge in [0.2, 0.25) is 0 Å². The van der Waals surface area contributed by atoms with Crippen LogP contribution in [0.1, 0.15) is 41.7 Å². The second-order valence-corrected chi connectivity index (χ2v) is 7.53. The van der Waals surface area contributed by atoms with Gasteiger partial charge in [0.15, 0.2) is 5.69 Å². The molecule has 2 aromatic rings. The van der Waals surface area contributed by atoms with Crippen LogP contribution in [0.5, 0.6) is 0 Å². The van der Waals surface area contributed by atoms with Gasteiger partial charge in [-0.05, 0) is 18.6 Å². The van der Waals surface area contributed by atoms with Crippen molar-refractivity contribution in [1.29, 1.82) is 0 Å². The SMILES string of the molecule is CCCCCN(Cc1nc(C(=O)OC)cs1)C(=O)Nc1c(Cl)cccc1Cl. The minimum atomic E-state index is -0.498. The summed E-state index contributed by atoms with van der Waals surface area (Å²) in [5, 5.41) is 5.77. The Balaban J connectivity index is 2.14. The summed E-state index contributed by atoms with van der Waals surface area (Å²) < 4.78 is 4.67. The first-order valence-corrected chi connectivity index (χ1v) is 10.1. The van der Waals surface area contributed by atoms with E-state index in [0.717, 1.165) is 19.3 Å². The molecule has 2 rings (SSSR count). The Morgan fingerprint density at radius 1 is 1.26 bits per heavy atom. The van der Waals surface area contributed by atoms with Crippen molar-refractivity contribution < 1.29 is 14.3 Å². The van der Waals surface area contributed by atoms with Crippen molar-refractivity contribution >= 4 is 52.2 Å². The molecule has 1 heterocycles. The van der Waals surface area contributed by atoms with Crippen molar-refractivity contribution in [3.05, 3.63) is 44.3 Å². The van der Waals surface area contributed by atoms with E-state index in [1.807, 2.05) is 0 Å². The second-order valence-electron chi connectivity index (χ2n) is 5.77. The number of benzene rings is 1. The molecule has 0 fully saturated rings. The first-order chi connectivity index (χ1) is 13.0. The fourth-order valence-electron chi connectivity index (χ4n) is 2.35. The van der Waals surface area contributed by atoms with E-state index in [0.29, 0.717) is 27.3 Å². The molecular formula is C18H21Cl2N3O3S. The summed E-state index contributed by atoms with van der Waals surface area (Å²) in [7, 11) is 1.30. The fourth-order valence-corrected chi connectivity index (χ4v) is 3.62. The summed E-state index contributed by atoms with van der Waals surface area (Å²) >= 11 is 13.6. The van der Waals surface area contributed by atoms with E-state index in [9.17, 15) is 9.59 Å². The molecule has 0 radical (unpaired) electrons. The molecule has 0 saturated carbocycles. The zero-order valence-corrected chi connectivity index (χ0v) is 17.5. The van der Waals surface area contributed by atoms with Crippen LogP contribution in [0.2, 0.25) is 10.0 Å². The number of nitrogens with one attached hydrogen (secondary N) is 1. The maximum absolute atomic E-state index is 12.8. The number of carbonyl (C=O) groups is 2. The predicted octanol–water partition coefficient (Wildman–Crippen LogP) is 5.46. The number of unbranched alkanes of at least 4 members (excludes halogenated alkanes) is 2. The number of hydrogen-bond donors (Lipinski definition) is 1. The summed E-state index contributed by atoms with van der Waals surface area (Å²) in [5.74, 6) is -0.498. The number of carbonyl (C=O) groups excluding carboxylic acids is 2. The number of esters is 1. The van der Waals surface area contributed by atoms with Crippen molar-refractivity contribution in [2.75, 3.05) is 19.0 Å².